The van der Waals surface area contributed by atoms with Crippen LogP contribution in [0.1, 0.15) is 36.2 Å². The van der Waals surface area contributed by atoms with E-state index in [1.165, 1.54) is 17.9 Å². The lowest BCUT2D eigenvalue weighted by atomic mass is 10.0. The largest absolute Gasteiger partial charge is 0.488 e. The summed E-state index contributed by atoms with van der Waals surface area (Å²) in [5, 5.41) is 2.01. The van der Waals surface area contributed by atoms with E-state index in [1.807, 2.05) is 11.4 Å². The minimum atomic E-state index is -0.430. The van der Waals surface area contributed by atoms with Gasteiger partial charge in [-0.2, -0.15) is 0 Å². The van der Waals surface area contributed by atoms with Crippen molar-refractivity contribution in [1.29, 1.82) is 0 Å². The Morgan fingerprint density at radius 1 is 1.32 bits per heavy atom. The Hall–Kier alpha value is -2.45. The quantitative estimate of drug-likeness (QED) is 0.654. The second-order valence-electron chi connectivity index (χ2n) is 7.93. The van der Waals surface area contributed by atoms with Gasteiger partial charge in [0.15, 0.2) is 11.6 Å². The Bertz CT molecular complexity index is 928. The molecule has 0 N–H and O–H groups in total. The van der Waals surface area contributed by atoms with Gasteiger partial charge in [0.25, 0.3) is 0 Å². The molecule has 0 radical (unpaired) electrons. The Kier molecular flexibility index (Phi) is 6.87. The van der Waals surface area contributed by atoms with Gasteiger partial charge in [-0.1, -0.05) is 12.1 Å². The average Bonchev–Trinajstić information content (AvgIpc) is 3.44. The van der Waals surface area contributed by atoms with E-state index in [0.29, 0.717) is 19.7 Å². The van der Waals surface area contributed by atoms with Gasteiger partial charge in [-0.3, -0.25) is 9.59 Å². The molecular formula is C23H27FN2O4S. The lowest BCUT2D eigenvalue weighted by molar-refractivity contribution is -0.142. The third-order valence-electron chi connectivity index (χ3n) is 5.87. The molecule has 2 amide bonds. The van der Waals surface area contributed by atoms with Crippen LogP contribution in [0.4, 0.5) is 4.39 Å². The minimum absolute atomic E-state index is 0.00482. The third kappa shape index (κ3) is 5.07. The molecule has 6 nitrogen and oxygen atoms in total. The van der Waals surface area contributed by atoms with E-state index in [4.69, 9.17) is 9.47 Å². The maximum Gasteiger partial charge on any atom is 0.242 e. The molecule has 3 heterocycles. The van der Waals surface area contributed by atoms with Crippen LogP contribution in [0.25, 0.3) is 0 Å². The van der Waals surface area contributed by atoms with Crippen molar-refractivity contribution in [2.24, 2.45) is 0 Å². The molecule has 0 spiro atoms. The minimum Gasteiger partial charge on any atom is -0.488 e. The monoisotopic (exact) mass is 446 g/mol. The van der Waals surface area contributed by atoms with Gasteiger partial charge in [-0.25, -0.2) is 4.39 Å². The summed E-state index contributed by atoms with van der Waals surface area (Å²) in [4.78, 5) is 30.0. The summed E-state index contributed by atoms with van der Waals surface area (Å²) in [7, 11) is 0. The number of thiophene rings is 1. The maximum absolute atomic E-state index is 14.0. The third-order valence-corrected chi connectivity index (χ3v) is 6.86. The lowest BCUT2D eigenvalue weighted by Crippen LogP contribution is -2.48. The van der Waals surface area contributed by atoms with Crippen molar-refractivity contribution in [2.75, 3.05) is 32.8 Å². The van der Waals surface area contributed by atoms with Gasteiger partial charge in [-0.05, 0) is 48.4 Å². The summed E-state index contributed by atoms with van der Waals surface area (Å²) in [5.74, 6) is -0.537. The Labute approximate surface area is 185 Å². The Morgan fingerprint density at radius 2 is 2.16 bits per heavy atom. The van der Waals surface area contributed by atoms with Crippen LogP contribution in [-0.4, -0.2) is 60.6 Å². The standard InChI is InChI=1S/C23H27FN2O4S/c1-16(27)25(13-17-5-4-11-29-17)14-23(28)26-10-8-22-18(9-12-31-22)20(26)15-30-21-7-3-2-6-19(21)24/h2-3,6-7,9,12,17,20H,4-5,8,10-11,13-15H2,1H3/t17-,20-/m1/s1. The zero-order chi connectivity index (χ0) is 21.8. The van der Waals surface area contributed by atoms with Crippen molar-refractivity contribution in [1.82, 2.24) is 9.80 Å². The van der Waals surface area contributed by atoms with E-state index < -0.39 is 5.82 Å². The molecule has 2 aliphatic heterocycles. The molecule has 1 saturated heterocycles. The van der Waals surface area contributed by atoms with Crippen molar-refractivity contribution in [3.8, 4) is 5.75 Å². The van der Waals surface area contributed by atoms with Crippen LogP contribution in [-0.2, 0) is 20.7 Å². The summed E-state index contributed by atoms with van der Waals surface area (Å²) >= 11 is 1.66. The number of carbonyl (C=O) groups is 2. The van der Waals surface area contributed by atoms with Crippen molar-refractivity contribution in [3.63, 3.8) is 0 Å². The number of amides is 2. The Balaban J connectivity index is 1.48. The second-order valence-corrected chi connectivity index (χ2v) is 8.93. The van der Waals surface area contributed by atoms with Crippen LogP contribution in [0, 0.1) is 5.82 Å². The van der Waals surface area contributed by atoms with Gasteiger partial charge in [0.1, 0.15) is 6.61 Å². The maximum atomic E-state index is 14.0. The topological polar surface area (TPSA) is 59.1 Å². The lowest BCUT2D eigenvalue weighted by Gasteiger charge is -2.37. The summed E-state index contributed by atoms with van der Waals surface area (Å²) in [6.07, 6.45) is 2.63. The Morgan fingerprint density at radius 3 is 2.90 bits per heavy atom. The number of fused-ring (bicyclic) bond motifs is 1. The van der Waals surface area contributed by atoms with Crippen LogP contribution in [0.5, 0.6) is 5.75 Å². The van der Waals surface area contributed by atoms with E-state index in [-0.39, 0.29) is 42.9 Å². The zero-order valence-electron chi connectivity index (χ0n) is 17.6. The molecular weight excluding hydrogens is 419 g/mol. The smallest absolute Gasteiger partial charge is 0.242 e. The number of benzene rings is 1. The van der Waals surface area contributed by atoms with Crippen molar-refractivity contribution < 1.29 is 23.5 Å². The van der Waals surface area contributed by atoms with Gasteiger partial charge in [0, 0.05) is 31.5 Å². The summed E-state index contributed by atoms with van der Waals surface area (Å²) < 4.78 is 25.5. The van der Waals surface area contributed by atoms with Gasteiger partial charge in [-0.15, -0.1) is 11.3 Å². The van der Waals surface area contributed by atoms with Crippen molar-refractivity contribution >= 4 is 23.2 Å². The fourth-order valence-corrected chi connectivity index (χ4v) is 5.13. The predicted octanol–water partition coefficient (Wildman–Crippen LogP) is 3.42. The molecule has 0 aliphatic carbocycles. The zero-order valence-corrected chi connectivity index (χ0v) is 18.4. The number of hydrogen-bond donors (Lipinski definition) is 0. The fourth-order valence-electron chi connectivity index (χ4n) is 4.20. The molecule has 2 atom stereocenters. The number of nitrogens with zero attached hydrogens (tertiary/aromatic N) is 2. The molecule has 1 aromatic carbocycles. The van der Waals surface area contributed by atoms with E-state index in [2.05, 4.69) is 0 Å². The van der Waals surface area contributed by atoms with E-state index in [9.17, 15) is 14.0 Å². The first-order valence-corrected chi connectivity index (χ1v) is 11.5. The number of rotatable bonds is 7. The van der Waals surface area contributed by atoms with Crippen LogP contribution in [0.3, 0.4) is 0 Å². The second kappa shape index (κ2) is 9.78. The van der Waals surface area contributed by atoms with Crippen molar-refractivity contribution in [2.45, 2.75) is 38.3 Å². The van der Waals surface area contributed by atoms with Crippen LogP contribution >= 0.6 is 11.3 Å². The number of para-hydroxylation sites is 1. The molecule has 166 valence electrons. The summed E-state index contributed by atoms with van der Waals surface area (Å²) in [6.45, 7) is 3.31. The molecule has 0 saturated carbocycles. The predicted molar refractivity (Wildman–Crippen MR) is 116 cm³/mol. The highest BCUT2D eigenvalue weighted by Gasteiger charge is 2.34. The van der Waals surface area contributed by atoms with Gasteiger partial charge in [0.2, 0.25) is 11.8 Å². The van der Waals surface area contributed by atoms with E-state index >= 15 is 0 Å². The SMILES string of the molecule is CC(=O)N(CC(=O)N1CCc2sccc2[C@H]1COc1ccccc1F)C[C@H]1CCCO1. The van der Waals surface area contributed by atoms with Crippen molar-refractivity contribution in [3.05, 3.63) is 52.0 Å². The normalized spacial score (nSPS) is 20.4. The fraction of sp³-hybridized carbons (Fsp3) is 0.478. The first-order valence-electron chi connectivity index (χ1n) is 10.6. The van der Waals surface area contributed by atoms with Gasteiger partial charge in [0.05, 0.1) is 18.7 Å². The highest BCUT2D eigenvalue weighted by molar-refractivity contribution is 7.10. The van der Waals surface area contributed by atoms with E-state index in [0.717, 1.165) is 24.8 Å². The molecule has 0 unspecified atom stereocenters. The molecule has 8 heteroatoms. The molecule has 1 fully saturated rings. The van der Waals surface area contributed by atoms with Crippen LogP contribution < -0.4 is 4.74 Å². The highest BCUT2D eigenvalue weighted by Crippen LogP contribution is 2.34. The first-order chi connectivity index (χ1) is 15.0. The number of carbonyl (C=O) groups excluding carboxylic acids is 2. The molecule has 0 bridgehead atoms. The molecule has 2 aliphatic rings. The average molecular weight is 447 g/mol. The van der Waals surface area contributed by atoms with Crippen LogP contribution in [0.2, 0.25) is 0 Å². The molecule has 1 aromatic heterocycles. The number of hydrogen-bond acceptors (Lipinski definition) is 5. The molecule has 31 heavy (non-hydrogen) atoms. The van der Waals surface area contributed by atoms with Gasteiger partial charge < -0.3 is 19.3 Å². The summed E-state index contributed by atoms with van der Waals surface area (Å²) in [6, 6.07) is 7.94. The van der Waals surface area contributed by atoms with Gasteiger partial charge >= 0.3 is 0 Å². The van der Waals surface area contributed by atoms with Crippen LogP contribution in [0.15, 0.2) is 35.7 Å². The summed E-state index contributed by atoms with van der Waals surface area (Å²) in [5.41, 5.74) is 1.04. The first kappa shape index (κ1) is 21.8. The number of halogens is 1. The number of ether oxygens (including phenoxy) is 2. The highest BCUT2D eigenvalue weighted by atomic mass is 32.1. The van der Waals surface area contributed by atoms with E-state index in [1.54, 1.807) is 39.3 Å². The molecule has 2 aromatic rings. The molecule has 4 rings (SSSR count).